The van der Waals surface area contributed by atoms with Gasteiger partial charge in [0.25, 0.3) is 11.5 Å². The molecule has 0 saturated carbocycles. The van der Waals surface area contributed by atoms with Crippen LogP contribution in [0.2, 0.25) is 0 Å². The van der Waals surface area contributed by atoms with Crippen LogP contribution in [-0.4, -0.2) is 31.9 Å². The predicted octanol–water partition coefficient (Wildman–Crippen LogP) is 2.90. The number of benzene rings is 2. The van der Waals surface area contributed by atoms with Crippen LogP contribution in [0.15, 0.2) is 66.0 Å². The Balaban J connectivity index is 0.000000233. The van der Waals surface area contributed by atoms with Gasteiger partial charge in [0, 0.05) is 25.6 Å². The summed E-state index contributed by atoms with van der Waals surface area (Å²) in [5, 5.41) is 7.36. The van der Waals surface area contributed by atoms with Crippen LogP contribution in [0.1, 0.15) is 35.6 Å². The first-order valence-corrected chi connectivity index (χ1v) is 11.6. The number of carbonyl (C=O) groups excluding carboxylic acids is 1. The van der Waals surface area contributed by atoms with Crippen molar-refractivity contribution in [3.63, 3.8) is 0 Å². The van der Waals surface area contributed by atoms with E-state index in [0.29, 0.717) is 41.1 Å². The van der Waals surface area contributed by atoms with Crippen molar-refractivity contribution < 1.29 is 4.79 Å². The second-order valence-electron chi connectivity index (χ2n) is 7.84. The van der Waals surface area contributed by atoms with Crippen molar-refractivity contribution in [2.45, 2.75) is 20.3 Å². The molecule has 4 aromatic rings. The molecule has 1 amide bonds. The number of carbonyl (C=O) groups is 1. The fourth-order valence-electron chi connectivity index (χ4n) is 3.67. The third kappa shape index (κ3) is 5.97. The Morgan fingerprint density at radius 2 is 1.92 bits per heavy atom. The van der Waals surface area contributed by atoms with E-state index in [9.17, 15) is 9.59 Å². The highest BCUT2D eigenvalue weighted by Crippen LogP contribution is 2.20. The van der Waals surface area contributed by atoms with Gasteiger partial charge in [-0.2, -0.15) is 5.10 Å². The van der Waals surface area contributed by atoms with Gasteiger partial charge in [0.2, 0.25) is 0 Å². The Bertz CT molecular complexity index is 1540. The summed E-state index contributed by atoms with van der Waals surface area (Å²) in [4.78, 5) is 28.7. The van der Waals surface area contributed by atoms with E-state index in [1.807, 2.05) is 55.5 Å². The van der Waals surface area contributed by atoms with Crippen molar-refractivity contribution in [1.29, 1.82) is 0 Å². The molecule has 2 aromatic carbocycles. The number of hydrogen-bond acceptors (Lipinski definition) is 7. The van der Waals surface area contributed by atoms with E-state index in [1.165, 1.54) is 9.36 Å². The van der Waals surface area contributed by atoms with Crippen LogP contribution in [0.4, 0.5) is 17.3 Å². The maximum atomic E-state index is 13.0. The molecule has 6 N–H and O–H groups in total. The lowest BCUT2D eigenvalue weighted by Gasteiger charge is -2.15. The summed E-state index contributed by atoms with van der Waals surface area (Å²) in [6, 6.07) is 15.2. The zero-order valence-corrected chi connectivity index (χ0v) is 21.1. The van der Waals surface area contributed by atoms with Crippen LogP contribution in [-0.2, 0) is 13.5 Å². The van der Waals surface area contributed by atoms with Crippen LogP contribution in [0, 0.1) is 11.8 Å². The number of para-hydroxylation sites is 1. The summed E-state index contributed by atoms with van der Waals surface area (Å²) in [5.41, 5.74) is 16.1. The predicted molar refractivity (Wildman–Crippen MR) is 148 cm³/mol. The molecule has 0 saturated heterocycles. The summed E-state index contributed by atoms with van der Waals surface area (Å²) in [5.74, 6) is 6.58. The number of nitrogens with two attached hydrogens (primary N) is 2. The van der Waals surface area contributed by atoms with E-state index in [4.69, 9.17) is 11.5 Å². The van der Waals surface area contributed by atoms with Crippen LogP contribution in [0.5, 0.6) is 0 Å². The largest absolute Gasteiger partial charge is 0.381 e. The molecule has 0 unspecified atom stereocenters. The number of rotatable bonds is 7. The molecule has 0 radical (unpaired) electrons. The molecule has 0 aliphatic rings. The minimum absolute atomic E-state index is 0.131. The van der Waals surface area contributed by atoms with E-state index >= 15 is 0 Å². The summed E-state index contributed by atoms with van der Waals surface area (Å²) in [6.07, 6.45) is 2.31. The molecule has 0 atom stereocenters. The minimum Gasteiger partial charge on any atom is -0.381 e. The van der Waals surface area contributed by atoms with E-state index in [2.05, 4.69) is 39.2 Å². The van der Waals surface area contributed by atoms with Gasteiger partial charge in [0.15, 0.2) is 5.82 Å². The molecule has 10 heteroatoms. The standard InChI is InChI=1S/C19H17N3O.C8H13N5O/c1-3-9-14-10-8-13-16-18(14)19(23)22(17(4-2)20-16)21-15-11-6-5-7-12-15;1-3-4-11-8-5(7(10)14)6(9)12-13(8)2/h5-8,10-13,21H,4H2,1-2H3;3,11H,1,4H2,2H3,(H2,9,12)(H2,10,14). The van der Waals surface area contributed by atoms with Gasteiger partial charge in [-0.15, -0.1) is 12.5 Å². The second-order valence-corrected chi connectivity index (χ2v) is 7.84. The van der Waals surface area contributed by atoms with Crippen LogP contribution in [0.25, 0.3) is 10.9 Å². The van der Waals surface area contributed by atoms with Gasteiger partial charge in [-0.1, -0.05) is 43.2 Å². The van der Waals surface area contributed by atoms with Crippen molar-refractivity contribution in [1.82, 2.24) is 19.4 Å². The number of fused-ring (bicyclic) bond motifs is 1. The number of aryl methyl sites for hydroxylation is 2. The number of hydrogen-bond donors (Lipinski definition) is 4. The summed E-state index contributed by atoms with van der Waals surface area (Å²) in [7, 11) is 1.67. The Hall–Kier alpha value is -5.04. The molecular weight excluding hydrogens is 468 g/mol. The third-order valence-corrected chi connectivity index (χ3v) is 5.29. The first-order chi connectivity index (χ1) is 17.8. The van der Waals surface area contributed by atoms with Gasteiger partial charge in [0.1, 0.15) is 17.2 Å². The number of anilines is 3. The second kappa shape index (κ2) is 12.1. The van der Waals surface area contributed by atoms with Gasteiger partial charge in [-0.3, -0.25) is 19.7 Å². The lowest BCUT2D eigenvalue weighted by molar-refractivity contribution is 0.100. The first-order valence-electron chi connectivity index (χ1n) is 11.6. The van der Waals surface area contributed by atoms with E-state index < -0.39 is 5.91 Å². The Labute approximate surface area is 215 Å². The van der Waals surface area contributed by atoms with Crippen molar-refractivity contribution in [3.8, 4) is 11.8 Å². The lowest BCUT2D eigenvalue weighted by atomic mass is 10.1. The van der Waals surface area contributed by atoms with Gasteiger partial charge in [0.05, 0.1) is 16.6 Å². The SMILES string of the molecule is C=CCNc1c(C(N)=O)c(N)nn1C.CC#Cc1cccc2nc(CC)n(Nc3ccccc3)c(=O)c12. The first kappa shape index (κ1) is 26.6. The molecule has 0 bridgehead atoms. The minimum atomic E-state index is -0.595. The summed E-state index contributed by atoms with van der Waals surface area (Å²) < 4.78 is 2.98. The number of primary amides is 1. The molecule has 37 heavy (non-hydrogen) atoms. The topological polar surface area (TPSA) is 146 Å². The number of nitrogens with one attached hydrogen (secondary N) is 2. The zero-order chi connectivity index (χ0) is 26.9. The molecule has 4 rings (SSSR count). The smallest absolute Gasteiger partial charge is 0.281 e. The highest BCUT2D eigenvalue weighted by molar-refractivity contribution is 6.02. The molecule has 0 aliphatic heterocycles. The highest BCUT2D eigenvalue weighted by Gasteiger charge is 2.18. The van der Waals surface area contributed by atoms with E-state index in [1.54, 1.807) is 20.0 Å². The van der Waals surface area contributed by atoms with Crippen molar-refractivity contribution >= 4 is 34.1 Å². The Morgan fingerprint density at radius 3 is 2.54 bits per heavy atom. The van der Waals surface area contributed by atoms with Crippen LogP contribution in [0.3, 0.4) is 0 Å². The summed E-state index contributed by atoms with van der Waals surface area (Å²) >= 11 is 0. The molecule has 0 aliphatic carbocycles. The fourth-order valence-corrected chi connectivity index (χ4v) is 3.67. The quantitative estimate of drug-likeness (QED) is 0.226. The molecular formula is C27H30N8O2. The number of amides is 1. The molecule has 2 heterocycles. The zero-order valence-electron chi connectivity index (χ0n) is 21.1. The van der Waals surface area contributed by atoms with Gasteiger partial charge < -0.3 is 16.8 Å². The van der Waals surface area contributed by atoms with Gasteiger partial charge >= 0.3 is 0 Å². The Kier molecular flexibility index (Phi) is 8.67. The average Bonchev–Trinajstić information content (AvgIpc) is 3.18. The van der Waals surface area contributed by atoms with Crippen molar-refractivity contribution in [2.75, 3.05) is 23.0 Å². The molecule has 190 valence electrons. The maximum Gasteiger partial charge on any atom is 0.281 e. The highest BCUT2D eigenvalue weighted by atomic mass is 16.1. The molecule has 0 spiro atoms. The van der Waals surface area contributed by atoms with Gasteiger partial charge in [-0.05, 0) is 31.2 Å². The molecule has 0 fully saturated rings. The van der Waals surface area contributed by atoms with Crippen LogP contribution >= 0.6 is 0 Å². The Morgan fingerprint density at radius 1 is 1.19 bits per heavy atom. The number of nitrogen functional groups attached to an aromatic ring is 1. The summed E-state index contributed by atoms with van der Waals surface area (Å²) in [6.45, 7) is 7.80. The fraction of sp³-hybridized carbons (Fsp3) is 0.185. The lowest BCUT2D eigenvalue weighted by Crippen LogP contribution is -2.31. The van der Waals surface area contributed by atoms with Crippen LogP contribution < -0.4 is 27.8 Å². The van der Waals surface area contributed by atoms with E-state index in [-0.39, 0.29) is 16.9 Å². The van der Waals surface area contributed by atoms with Gasteiger partial charge in [-0.25, -0.2) is 9.66 Å². The van der Waals surface area contributed by atoms with Crippen molar-refractivity contribution in [2.24, 2.45) is 12.8 Å². The van der Waals surface area contributed by atoms with E-state index in [0.717, 1.165) is 5.69 Å². The number of nitrogens with zero attached hydrogens (tertiary/aromatic N) is 4. The average molecular weight is 499 g/mol. The monoisotopic (exact) mass is 498 g/mol. The number of aromatic nitrogens is 4. The maximum absolute atomic E-state index is 13.0. The molecule has 10 nitrogen and oxygen atoms in total. The third-order valence-electron chi connectivity index (χ3n) is 5.29. The molecule has 2 aromatic heterocycles. The normalized spacial score (nSPS) is 10.0. The van der Waals surface area contributed by atoms with Crippen molar-refractivity contribution in [3.05, 3.63) is 88.5 Å².